The fourth-order valence-corrected chi connectivity index (χ4v) is 2.18. The maximum absolute atomic E-state index is 12.6. The molecule has 0 saturated heterocycles. The summed E-state index contributed by atoms with van der Waals surface area (Å²) in [5.41, 5.74) is 1.19. The number of benzene rings is 1. The number of hydrogen-bond donors (Lipinski definition) is 0. The lowest BCUT2D eigenvalue weighted by molar-refractivity contribution is 0.0908. The van der Waals surface area contributed by atoms with E-state index in [0.29, 0.717) is 5.56 Å². The first-order chi connectivity index (χ1) is 9.05. The lowest BCUT2D eigenvalue weighted by Gasteiger charge is -2.22. The third-order valence-corrected chi connectivity index (χ3v) is 3.41. The summed E-state index contributed by atoms with van der Waals surface area (Å²) >= 11 is 0. The predicted molar refractivity (Wildman–Crippen MR) is 76.3 cm³/mol. The minimum Gasteiger partial charge on any atom is -0.293 e. The van der Waals surface area contributed by atoms with Crippen LogP contribution in [0.3, 0.4) is 0 Å². The molecule has 0 atom stereocenters. The Bertz CT molecular complexity index is 555. The van der Waals surface area contributed by atoms with Gasteiger partial charge < -0.3 is 0 Å². The summed E-state index contributed by atoms with van der Waals surface area (Å²) in [7, 11) is 0. The SMILES string of the molecule is CCCn1cc(C(=O)C(C)(C)c2ccccc2)cn1. The Morgan fingerprint density at radius 2 is 1.95 bits per heavy atom. The van der Waals surface area contributed by atoms with Gasteiger partial charge in [0.05, 0.1) is 17.2 Å². The minimum absolute atomic E-state index is 0.112. The van der Waals surface area contributed by atoms with Gasteiger partial charge in [-0.15, -0.1) is 0 Å². The van der Waals surface area contributed by atoms with Gasteiger partial charge in [-0.1, -0.05) is 37.3 Å². The molecular formula is C16H20N2O. The van der Waals surface area contributed by atoms with Gasteiger partial charge in [0.15, 0.2) is 5.78 Å². The van der Waals surface area contributed by atoms with Crippen LogP contribution in [0.5, 0.6) is 0 Å². The Morgan fingerprint density at radius 1 is 1.26 bits per heavy atom. The summed E-state index contributed by atoms with van der Waals surface area (Å²) in [5.74, 6) is 0.112. The fraction of sp³-hybridized carbons (Fsp3) is 0.375. The molecule has 2 rings (SSSR count). The number of ketones is 1. The number of Topliss-reactive ketones (excluding diaryl/α,β-unsaturated/α-hetero) is 1. The van der Waals surface area contributed by atoms with Crippen molar-refractivity contribution in [2.24, 2.45) is 0 Å². The molecule has 0 unspecified atom stereocenters. The Morgan fingerprint density at radius 3 is 2.58 bits per heavy atom. The Labute approximate surface area is 114 Å². The van der Waals surface area contributed by atoms with E-state index in [-0.39, 0.29) is 5.78 Å². The van der Waals surface area contributed by atoms with Crippen LogP contribution in [-0.4, -0.2) is 15.6 Å². The molecule has 0 radical (unpaired) electrons. The lowest BCUT2D eigenvalue weighted by atomic mass is 9.79. The standard InChI is InChI=1S/C16H20N2O/c1-4-10-18-12-13(11-17-18)15(19)16(2,3)14-8-6-5-7-9-14/h5-9,11-12H,4,10H2,1-3H3. The van der Waals surface area contributed by atoms with Gasteiger partial charge in [-0.2, -0.15) is 5.10 Å². The van der Waals surface area contributed by atoms with E-state index in [1.165, 1.54) is 0 Å². The molecule has 0 bridgehead atoms. The smallest absolute Gasteiger partial charge is 0.175 e. The van der Waals surface area contributed by atoms with Gasteiger partial charge in [0.1, 0.15) is 0 Å². The third kappa shape index (κ3) is 2.75. The maximum atomic E-state index is 12.6. The molecule has 0 aliphatic rings. The highest BCUT2D eigenvalue weighted by molar-refractivity contribution is 6.03. The summed E-state index contributed by atoms with van der Waals surface area (Å²) in [5, 5.41) is 4.23. The zero-order valence-corrected chi connectivity index (χ0v) is 11.8. The van der Waals surface area contributed by atoms with Crippen molar-refractivity contribution in [2.45, 2.75) is 39.2 Å². The first-order valence-corrected chi connectivity index (χ1v) is 6.68. The van der Waals surface area contributed by atoms with Gasteiger partial charge in [0, 0.05) is 12.7 Å². The third-order valence-electron chi connectivity index (χ3n) is 3.41. The van der Waals surface area contributed by atoms with Gasteiger partial charge in [0.25, 0.3) is 0 Å². The van der Waals surface area contributed by atoms with Crippen LogP contribution in [0.2, 0.25) is 0 Å². The Kier molecular flexibility index (Phi) is 3.84. The number of aryl methyl sites for hydroxylation is 1. The molecular weight excluding hydrogens is 236 g/mol. The highest BCUT2D eigenvalue weighted by Crippen LogP contribution is 2.27. The van der Waals surface area contributed by atoms with E-state index in [9.17, 15) is 4.79 Å². The fourth-order valence-electron chi connectivity index (χ4n) is 2.18. The Balaban J connectivity index is 2.27. The van der Waals surface area contributed by atoms with E-state index in [1.807, 2.05) is 55.1 Å². The van der Waals surface area contributed by atoms with Crippen LogP contribution in [-0.2, 0) is 12.0 Å². The molecule has 0 spiro atoms. The van der Waals surface area contributed by atoms with Crippen LogP contribution in [0.25, 0.3) is 0 Å². The zero-order chi connectivity index (χ0) is 13.9. The number of nitrogens with zero attached hydrogens (tertiary/aromatic N) is 2. The molecule has 3 heteroatoms. The topological polar surface area (TPSA) is 34.9 Å². The van der Waals surface area contributed by atoms with Gasteiger partial charge >= 0.3 is 0 Å². The molecule has 2 aromatic rings. The number of hydrogen-bond acceptors (Lipinski definition) is 2. The highest BCUT2D eigenvalue weighted by Gasteiger charge is 2.31. The number of carbonyl (C=O) groups excluding carboxylic acids is 1. The van der Waals surface area contributed by atoms with Crippen LogP contribution in [0.4, 0.5) is 0 Å². The average molecular weight is 256 g/mol. The summed E-state index contributed by atoms with van der Waals surface area (Å²) in [6.07, 6.45) is 4.52. The van der Waals surface area contributed by atoms with E-state index in [1.54, 1.807) is 6.20 Å². The normalized spacial score (nSPS) is 11.5. The van der Waals surface area contributed by atoms with Crippen molar-refractivity contribution >= 4 is 5.78 Å². The van der Waals surface area contributed by atoms with Crippen molar-refractivity contribution in [1.82, 2.24) is 9.78 Å². The second-order valence-corrected chi connectivity index (χ2v) is 5.31. The second kappa shape index (κ2) is 5.39. The number of carbonyl (C=O) groups is 1. The van der Waals surface area contributed by atoms with Crippen molar-refractivity contribution < 1.29 is 4.79 Å². The average Bonchev–Trinajstić information content (AvgIpc) is 2.88. The molecule has 0 amide bonds. The largest absolute Gasteiger partial charge is 0.293 e. The molecule has 0 N–H and O–H groups in total. The van der Waals surface area contributed by atoms with E-state index in [2.05, 4.69) is 12.0 Å². The summed E-state index contributed by atoms with van der Waals surface area (Å²) in [6.45, 7) is 6.86. The molecule has 1 aromatic carbocycles. The molecule has 3 nitrogen and oxygen atoms in total. The Hall–Kier alpha value is -1.90. The van der Waals surface area contributed by atoms with Crippen molar-refractivity contribution in [3.05, 3.63) is 53.9 Å². The molecule has 19 heavy (non-hydrogen) atoms. The first-order valence-electron chi connectivity index (χ1n) is 6.68. The summed E-state index contributed by atoms with van der Waals surface area (Å²) in [4.78, 5) is 12.6. The van der Waals surface area contributed by atoms with Crippen molar-refractivity contribution in [1.29, 1.82) is 0 Å². The van der Waals surface area contributed by atoms with Crippen LogP contribution in [0.15, 0.2) is 42.7 Å². The summed E-state index contributed by atoms with van der Waals surface area (Å²) in [6, 6.07) is 9.88. The molecule has 0 aliphatic carbocycles. The van der Waals surface area contributed by atoms with Gasteiger partial charge in [-0.05, 0) is 25.8 Å². The molecule has 0 fully saturated rings. The van der Waals surface area contributed by atoms with Crippen LogP contribution in [0.1, 0.15) is 43.1 Å². The minimum atomic E-state index is -0.526. The summed E-state index contributed by atoms with van der Waals surface area (Å²) < 4.78 is 1.83. The molecule has 0 saturated carbocycles. The van der Waals surface area contributed by atoms with Crippen LogP contribution < -0.4 is 0 Å². The van der Waals surface area contributed by atoms with E-state index in [4.69, 9.17) is 0 Å². The second-order valence-electron chi connectivity index (χ2n) is 5.31. The molecule has 100 valence electrons. The van der Waals surface area contributed by atoms with E-state index < -0.39 is 5.41 Å². The molecule has 1 heterocycles. The highest BCUT2D eigenvalue weighted by atomic mass is 16.1. The zero-order valence-electron chi connectivity index (χ0n) is 11.8. The lowest BCUT2D eigenvalue weighted by Crippen LogP contribution is -2.28. The van der Waals surface area contributed by atoms with Crippen LogP contribution >= 0.6 is 0 Å². The predicted octanol–water partition coefficient (Wildman–Crippen LogP) is 3.45. The van der Waals surface area contributed by atoms with Gasteiger partial charge in [-0.25, -0.2) is 0 Å². The van der Waals surface area contributed by atoms with E-state index in [0.717, 1.165) is 18.5 Å². The van der Waals surface area contributed by atoms with Gasteiger partial charge in [-0.3, -0.25) is 9.48 Å². The molecule has 0 aliphatic heterocycles. The van der Waals surface area contributed by atoms with Crippen molar-refractivity contribution in [2.75, 3.05) is 0 Å². The van der Waals surface area contributed by atoms with Crippen molar-refractivity contribution in [3.63, 3.8) is 0 Å². The maximum Gasteiger partial charge on any atom is 0.175 e. The number of rotatable bonds is 5. The van der Waals surface area contributed by atoms with Crippen molar-refractivity contribution in [3.8, 4) is 0 Å². The number of aromatic nitrogens is 2. The first kappa shape index (κ1) is 13.5. The van der Waals surface area contributed by atoms with Gasteiger partial charge in [0.2, 0.25) is 0 Å². The monoisotopic (exact) mass is 256 g/mol. The van der Waals surface area contributed by atoms with Crippen LogP contribution in [0, 0.1) is 0 Å². The molecule has 1 aromatic heterocycles. The van der Waals surface area contributed by atoms with E-state index >= 15 is 0 Å². The quantitative estimate of drug-likeness (QED) is 0.768.